The summed E-state index contributed by atoms with van der Waals surface area (Å²) in [4.78, 5) is 13.3. The lowest BCUT2D eigenvalue weighted by Crippen LogP contribution is -1.88. The molecule has 4 rings (SSSR count). The summed E-state index contributed by atoms with van der Waals surface area (Å²) in [5.74, 6) is 0. The second kappa shape index (κ2) is 3.96. The van der Waals surface area contributed by atoms with Gasteiger partial charge in [0, 0.05) is 19.4 Å². The number of benzene rings is 3. The van der Waals surface area contributed by atoms with Crippen LogP contribution < -0.4 is 0 Å². The van der Waals surface area contributed by atoms with Gasteiger partial charge in [0.2, 0.25) is 5.12 Å². The van der Waals surface area contributed by atoms with Gasteiger partial charge in [-0.25, -0.2) is 0 Å². The van der Waals surface area contributed by atoms with Crippen molar-refractivity contribution in [2.45, 2.75) is 11.8 Å². The number of rotatable bonds is 0. The number of hydrogen-bond donors (Lipinski definition) is 0. The van der Waals surface area contributed by atoms with E-state index in [4.69, 9.17) is 0 Å². The summed E-state index contributed by atoms with van der Waals surface area (Å²) >= 11 is 3.72. The molecule has 0 atom stereocenters. The average Bonchev–Trinajstić information content (AvgIpc) is 2.72. The summed E-state index contributed by atoms with van der Waals surface area (Å²) in [6.07, 6.45) is 0. The Morgan fingerprint density at radius 3 is 2.74 bits per heavy atom. The van der Waals surface area contributed by atoms with Crippen LogP contribution in [0.5, 0.6) is 0 Å². The van der Waals surface area contributed by atoms with E-state index in [0.717, 1.165) is 15.8 Å². The predicted molar refractivity (Wildman–Crippen MR) is 89.1 cm³/mol. The van der Waals surface area contributed by atoms with Crippen molar-refractivity contribution in [3.05, 3.63) is 51.1 Å². The molecule has 0 unspecified atom stereocenters. The van der Waals surface area contributed by atoms with Crippen molar-refractivity contribution in [3.63, 3.8) is 0 Å². The summed E-state index contributed by atoms with van der Waals surface area (Å²) in [7, 11) is 0. The summed E-state index contributed by atoms with van der Waals surface area (Å²) in [6, 6.07) is 12.6. The van der Waals surface area contributed by atoms with E-state index in [1.165, 1.54) is 37.1 Å². The van der Waals surface area contributed by atoms with Gasteiger partial charge in [0.05, 0.1) is 0 Å². The molecule has 0 radical (unpaired) electrons. The fourth-order valence-corrected chi connectivity index (χ4v) is 4.37. The maximum absolute atomic E-state index is 12.1. The summed E-state index contributed by atoms with van der Waals surface area (Å²) in [5, 5.41) is 4.92. The fourth-order valence-electron chi connectivity index (χ4n) is 2.69. The van der Waals surface area contributed by atoms with Gasteiger partial charge in [-0.3, -0.25) is 4.79 Å². The van der Waals surface area contributed by atoms with Crippen LogP contribution >= 0.6 is 34.4 Å². The molecule has 0 saturated carbocycles. The summed E-state index contributed by atoms with van der Waals surface area (Å²) in [5.41, 5.74) is 2.09. The molecule has 1 aliphatic heterocycles. The van der Waals surface area contributed by atoms with Gasteiger partial charge in [0.25, 0.3) is 0 Å². The van der Waals surface area contributed by atoms with Gasteiger partial charge in [-0.1, -0.05) is 23.8 Å². The van der Waals surface area contributed by atoms with Crippen LogP contribution in [0.3, 0.4) is 0 Å². The van der Waals surface area contributed by atoms with Crippen LogP contribution in [-0.4, -0.2) is 5.12 Å². The zero-order chi connectivity index (χ0) is 13.1. The van der Waals surface area contributed by atoms with Crippen molar-refractivity contribution >= 4 is 61.0 Å². The minimum atomic E-state index is 0.172. The summed E-state index contributed by atoms with van der Waals surface area (Å²) in [6.45, 7) is 2.09. The SMILES string of the molecule is Cc1ccc2cc3c(I)ccc4c3c(c2c1)SC4=O. The van der Waals surface area contributed by atoms with Crippen LogP contribution in [0.1, 0.15) is 15.9 Å². The lowest BCUT2D eigenvalue weighted by molar-refractivity contribution is 0.109. The second-order valence-corrected chi connectivity index (χ2v) is 6.98. The Morgan fingerprint density at radius 1 is 1.05 bits per heavy atom. The molecule has 0 spiro atoms. The molecule has 3 heteroatoms. The maximum atomic E-state index is 12.1. The van der Waals surface area contributed by atoms with Crippen molar-refractivity contribution in [2.75, 3.05) is 0 Å². The molecule has 0 N–H and O–H groups in total. The zero-order valence-electron chi connectivity index (χ0n) is 10.2. The van der Waals surface area contributed by atoms with E-state index in [9.17, 15) is 4.79 Å². The summed E-state index contributed by atoms with van der Waals surface area (Å²) < 4.78 is 1.20. The maximum Gasteiger partial charge on any atom is 0.224 e. The smallest absolute Gasteiger partial charge is 0.224 e. The van der Waals surface area contributed by atoms with E-state index in [0.29, 0.717) is 0 Å². The minimum absolute atomic E-state index is 0.172. The molecule has 0 aromatic heterocycles. The average molecular weight is 376 g/mol. The molecule has 1 heterocycles. The molecule has 0 amide bonds. The topological polar surface area (TPSA) is 17.1 Å². The lowest BCUT2D eigenvalue weighted by Gasteiger charge is -2.08. The van der Waals surface area contributed by atoms with E-state index in [1.807, 2.05) is 12.1 Å². The highest BCUT2D eigenvalue weighted by Gasteiger charge is 2.25. The first kappa shape index (κ1) is 11.7. The molecule has 3 aromatic carbocycles. The monoisotopic (exact) mass is 376 g/mol. The Hall–Kier alpha value is -1.07. The molecule has 1 nitrogen and oxygen atoms in total. The van der Waals surface area contributed by atoms with Gasteiger partial charge in [-0.2, -0.15) is 0 Å². The highest BCUT2D eigenvalue weighted by molar-refractivity contribution is 14.1. The number of carbonyl (C=O) groups excluding carboxylic acids is 1. The highest BCUT2D eigenvalue weighted by atomic mass is 127. The molecule has 1 aliphatic rings. The molecule has 0 aliphatic carbocycles. The number of halogens is 1. The third-order valence-corrected chi connectivity index (χ3v) is 5.56. The predicted octanol–water partition coefficient (Wildman–Crippen LogP) is 5.15. The normalized spacial score (nSPS) is 13.7. The molecular weight excluding hydrogens is 367 g/mol. The van der Waals surface area contributed by atoms with Gasteiger partial charge in [-0.05, 0) is 75.6 Å². The fraction of sp³-hybridized carbons (Fsp3) is 0.0625. The number of aryl methyl sites for hydroxylation is 1. The van der Waals surface area contributed by atoms with E-state index in [2.05, 4.69) is 53.8 Å². The van der Waals surface area contributed by atoms with Gasteiger partial charge < -0.3 is 0 Å². The molecule has 0 saturated heterocycles. The van der Waals surface area contributed by atoms with Crippen molar-refractivity contribution < 1.29 is 4.79 Å². The number of thioether (sulfide) groups is 1. The quantitative estimate of drug-likeness (QED) is 0.399. The highest BCUT2D eigenvalue weighted by Crippen LogP contribution is 2.46. The van der Waals surface area contributed by atoms with Crippen molar-refractivity contribution in [1.82, 2.24) is 0 Å². The Kier molecular flexibility index (Phi) is 2.45. The Morgan fingerprint density at radius 2 is 1.89 bits per heavy atom. The molecular formula is C16H9IOS. The van der Waals surface area contributed by atoms with Gasteiger partial charge in [-0.15, -0.1) is 0 Å². The van der Waals surface area contributed by atoms with Crippen molar-refractivity contribution in [3.8, 4) is 0 Å². The molecule has 19 heavy (non-hydrogen) atoms. The van der Waals surface area contributed by atoms with Crippen LogP contribution in [0.25, 0.3) is 21.5 Å². The Bertz CT molecular complexity index is 883. The van der Waals surface area contributed by atoms with Crippen LogP contribution in [0.4, 0.5) is 0 Å². The van der Waals surface area contributed by atoms with Crippen LogP contribution in [0.2, 0.25) is 0 Å². The third kappa shape index (κ3) is 1.58. The van der Waals surface area contributed by atoms with Crippen molar-refractivity contribution in [2.24, 2.45) is 0 Å². The Balaban J connectivity index is 2.31. The largest absolute Gasteiger partial charge is 0.281 e. The van der Waals surface area contributed by atoms with Crippen molar-refractivity contribution in [1.29, 1.82) is 0 Å². The van der Waals surface area contributed by atoms with E-state index in [1.54, 1.807) is 0 Å². The number of fused-ring (bicyclic) bond motifs is 2. The first-order chi connectivity index (χ1) is 9.15. The molecule has 0 bridgehead atoms. The van der Waals surface area contributed by atoms with E-state index < -0.39 is 0 Å². The molecule has 92 valence electrons. The zero-order valence-corrected chi connectivity index (χ0v) is 13.1. The molecule has 0 fully saturated rings. The van der Waals surface area contributed by atoms with Crippen LogP contribution in [-0.2, 0) is 0 Å². The minimum Gasteiger partial charge on any atom is -0.281 e. The van der Waals surface area contributed by atoms with E-state index >= 15 is 0 Å². The van der Waals surface area contributed by atoms with Crippen LogP contribution in [0, 0.1) is 10.5 Å². The standard InChI is InChI=1S/C16H9IOS/c1-8-2-3-9-7-12-13(17)5-4-10-14(12)15(11(9)6-8)19-16(10)18/h2-7H,1H3. The first-order valence-corrected chi connectivity index (χ1v) is 7.92. The van der Waals surface area contributed by atoms with Crippen LogP contribution in [0.15, 0.2) is 41.3 Å². The Labute approximate surface area is 128 Å². The lowest BCUT2D eigenvalue weighted by atomic mass is 9.99. The van der Waals surface area contributed by atoms with Gasteiger partial charge in [0.15, 0.2) is 0 Å². The third-order valence-electron chi connectivity index (χ3n) is 3.59. The number of carbonyl (C=O) groups is 1. The van der Waals surface area contributed by atoms with Gasteiger partial charge >= 0.3 is 0 Å². The van der Waals surface area contributed by atoms with E-state index in [-0.39, 0.29) is 5.12 Å². The number of hydrogen-bond acceptors (Lipinski definition) is 2. The second-order valence-electron chi connectivity index (χ2n) is 4.84. The first-order valence-electron chi connectivity index (χ1n) is 6.03. The van der Waals surface area contributed by atoms with Gasteiger partial charge in [0.1, 0.15) is 0 Å². The molecule has 3 aromatic rings.